The van der Waals surface area contributed by atoms with E-state index in [-0.39, 0.29) is 11.6 Å². The molecule has 198 valence electrons. The predicted octanol–water partition coefficient (Wildman–Crippen LogP) is 1.99. The number of nitrogens with zero attached hydrogens (tertiary/aromatic N) is 3. The van der Waals surface area contributed by atoms with E-state index >= 15 is 0 Å². The second kappa shape index (κ2) is 11.4. The van der Waals surface area contributed by atoms with E-state index in [1.165, 1.54) is 12.3 Å². The molecular formula is C22H21ClF3N5O6. The minimum Gasteiger partial charge on any atom is -0.475 e. The van der Waals surface area contributed by atoms with Crippen molar-refractivity contribution in [1.82, 2.24) is 15.1 Å². The maximum absolute atomic E-state index is 12.6. The molecule has 3 heterocycles. The number of rotatable bonds is 4. The molecule has 15 heteroatoms. The number of carbonyl (C=O) groups is 2. The van der Waals surface area contributed by atoms with Crippen LogP contribution in [0.25, 0.3) is 11.0 Å². The van der Waals surface area contributed by atoms with Crippen LogP contribution in [0.3, 0.4) is 0 Å². The number of benzene rings is 1. The van der Waals surface area contributed by atoms with Gasteiger partial charge in [0.2, 0.25) is 5.91 Å². The van der Waals surface area contributed by atoms with E-state index in [0.717, 1.165) is 41.8 Å². The number of hydrogen-bond donors (Lipinski definition) is 3. The van der Waals surface area contributed by atoms with Crippen LogP contribution in [0.5, 0.6) is 0 Å². The number of aromatic nitrogens is 2. The van der Waals surface area contributed by atoms with Crippen LogP contribution < -0.4 is 26.7 Å². The average Bonchev–Trinajstić information content (AvgIpc) is 2.82. The lowest BCUT2D eigenvalue weighted by molar-refractivity contribution is -0.192. The third kappa shape index (κ3) is 7.07. The Kier molecular flexibility index (Phi) is 8.55. The van der Waals surface area contributed by atoms with E-state index in [9.17, 15) is 27.6 Å². The quantitative estimate of drug-likeness (QED) is 0.420. The molecule has 1 aliphatic rings. The molecule has 4 rings (SSSR count). The minimum atomic E-state index is -5.08. The van der Waals surface area contributed by atoms with Crippen molar-refractivity contribution in [1.29, 1.82) is 0 Å². The second-order valence-corrected chi connectivity index (χ2v) is 8.23. The molecule has 1 aromatic carbocycles. The van der Waals surface area contributed by atoms with Gasteiger partial charge < -0.3 is 25.1 Å². The third-order valence-corrected chi connectivity index (χ3v) is 5.55. The topological polar surface area (TPSA) is 147 Å². The molecule has 3 aromatic rings. The predicted molar refractivity (Wildman–Crippen MR) is 128 cm³/mol. The van der Waals surface area contributed by atoms with E-state index in [2.05, 4.69) is 15.7 Å². The zero-order chi connectivity index (χ0) is 27.3. The fourth-order valence-corrected chi connectivity index (χ4v) is 3.70. The third-order valence-electron chi connectivity index (χ3n) is 5.20. The summed E-state index contributed by atoms with van der Waals surface area (Å²) in [6, 6.07) is 6.43. The van der Waals surface area contributed by atoms with Crippen molar-refractivity contribution in [2.24, 2.45) is 0 Å². The monoisotopic (exact) mass is 543 g/mol. The van der Waals surface area contributed by atoms with E-state index in [4.69, 9.17) is 25.9 Å². The molecule has 0 aliphatic carbocycles. The average molecular weight is 544 g/mol. The number of halogens is 4. The van der Waals surface area contributed by atoms with Crippen LogP contribution in [0.1, 0.15) is 5.56 Å². The molecule has 0 bridgehead atoms. The van der Waals surface area contributed by atoms with Gasteiger partial charge in [-0.2, -0.15) is 18.3 Å². The second-order valence-electron chi connectivity index (χ2n) is 7.85. The van der Waals surface area contributed by atoms with Crippen LogP contribution >= 0.6 is 11.6 Å². The van der Waals surface area contributed by atoms with Crippen LogP contribution in [0.4, 0.5) is 24.5 Å². The lowest BCUT2D eigenvalue weighted by atomic mass is 10.1. The molecule has 0 spiro atoms. The summed E-state index contributed by atoms with van der Waals surface area (Å²) >= 11 is 6.26. The Bertz CT molecular complexity index is 1430. The lowest BCUT2D eigenvalue weighted by Crippen LogP contribution is -2.44. The molecule has 0 saturated carbocycles. The Morgan fingerprint density at radius 1 is 1.22 bits per heavy atom. The van der Waals surface area contributed by atoms with E-state index in [0.29, 0.717) is 17.0 Å². The SMILES string of the molecule is Cc1cc(=O)oc2cc(NC(=O)Cn3ncc(N4CCNCC4)c(Cl)c3=O)ccc12.O=C(O)C(F)(F)F. The van der Waals surface area contributed by atoms with Crippen molar-refractivity contribution in [2.75, 3.05) is 36.4 Å². The van der Waals surface area contributed by atoms with Gasteiger partial charge in [0.1, 0.15) is 17.2 Å². The summed E-state index contributed by atoms with van der Waals surface area (Å²) in [6.07, 6.45) is -3.57. The van der Waals surface area contributed by atoms with Gasteiger partial charge in [-0.25, -0.2) is 14.3 Å². The molecule has 3 N–H and O–H groups in total. The molecule has 1 aliphatic heterocycles. The number of nitrogens with one attached hydrogen (secondary N) is 2. The van der Waals surface area contributed by atoms with Gasteiger partial charge in [-0.05, 0) is 24.6 Å². The number of fused-ring (bicyclic) bond motifs is 1. The maximum atomic E-state index is 12.6. The fourth-order valence-electron chi connectivity index (χ4n) is 3.43. The first kappa shape index (κ1) is 27.7. The van der Waals surface area contributed by atoms with Crippen molar-refractivity contribution in [2.45, 2.75) is 19.6 Å². The van der Waals surface area contributed by atoms with Gasteiger partial charge in [-0.1, -0.05) is 11.6 Å². The van der Waals surface area contributed by atoms with Crippen LogP contribution in [0.15, 0.2) is 44.5 Å². The van der Waals surface area contributed by atoms with Gasteiger partial charge in [0, 0.05) is 49.4 Å². The summed E-state index contributed by atoms with van der Waals surface area (Å²) in [5.41, 5.74) is 1.18. The fraction of sp³-hybridized carbons (Fsp3) is 0.318. The smallest absolute Gasteiger partial charge is 0.475 e. The van der Waals surface area contributed by atoms with Crippen LogP contribution in [-0.2, 0) is 16.1 Å². The Hall–Kier alpha value is -3.91. The molecule has 11 nitrogen and oxygen atoms in total. The summed E-state index contributed by atoms with van der Waals surface area (Å²) in [5.74, 6) is -3.21. The highest BCUT2D eigenvalue weighted by atomic mass is 35.5. The molecular weight excluding hydrogens is 523 g/mol. The Morgan fingerprint density at radius 2 is 1.86 bits per heavy atom. The molecule has 0 unspecified atom stereocenters. The maximum Gasteiger partial charge on any atom is 0.490 e. The summed E-state index contributed by atoms with van der Waals surface area (Å²) in [6.45, 7) is 4.56. The number of alkyl halides is 3. The number of carbonyl (C=O) groups excluding carboxylic acids is 1. The van der Waals surface area contributed by atoms with Crippen LogP contribution in [-0.4, -0.2) is 59.1 Å². The minimum absolute atomic E-state index is 0.0441. The van der Waals surface area contributed by atoms with Crippen LogP contribution in [0, 0.1) is 6.92 Å². The zero-order valence-electron chi connectivity index (χ0n) is 19.3. The highest BCUT2D eigenvalue weighted by Gasteiger charge is 2.38. The number of aliphatic carboxylic acids is 1. The van der Waals surface area contributed by atoms with Crippen molar-refractivity contribution >= 4 is 45.8 Å². The molecule has 1 amide bonds. The standard InChI is InChI=1S/C20H20ClN5O4.C2HF3O2/c1-12-8-18(28)30-16-9-13(2-3-14(12)16)24-17(27)11-26-20(29)19(21)15(10-23-26)25-6-4-22-5-7-25;3-2(4,5)1(6)7/h2-3,8-10,22H,4-7,11H2,1H3,(H,24,27);(H,6,7). The number of carboxylic acids is 1. The molecule has 1 saturated heterocycles. The van der Waals surface area contributed by atoms with Crippen LogP contribution in [0.2, 0.25) is 5.02 Å². The summed E-state index contributed by atoms with van der Waals surface area (Å²) in [5, 5.41) is 18.0. The molecule has 0 radical (unpaired) electrons. The summed E-state index contributed by atoms with van der Waals surface area (Å²) in [7, 11) is 0. The number of anilines is 2. The number of amides is 1. The number of hydrogen-bond acceptors (Lipinski definition) is 8. The normalized spacial score (nSPS) is 13.6. The number of piperazine rings is 1. The highest BCUT2D eigenvalue weighted by Crippen LogP contribution is 2.22. The van der Waals surface area contributed by atoms with Gasteiger partial charge in [0.15, 0.2) is 0 Å². The first-order valence-corrected chi connectivity index (χ1v) is 11.1. The van der Waals surface area contributed by atoms with Gasteiger partial charge in [0.25, 0.3) is 5.56 Å². The highest BCUT2D eigenvalue weighted by molar-refractivity contribution is 6.33. The van der Waals surface area contributed by atoms with E-state index in [1.807, 2.05) is 11.8 Å². The van der Waals surface area contributed by atoms with Crippen molar-refractivity contribution < 1.29 is 32.3 Å². The van der Waals surface area contributed by atoms with Crippen molar-refractivity contribution in [3.8, 4) is 0 Å². The molecule has 37 heavy (non-hydrogen) atoms. The first-order chi connectivity index (χ1) is 17.4. The van der Waals surface area contributed by atoms with Crippen molar-refractivity contribution in [3.63, 3.8) is 0 Å². The zero-order valence-corrected chi connectivity index (χ0v) is 20.0. The Balaban J connectivity index is 0.000000479. The van der Waals surface area contributed by atoms with Gasteiger partial charge >= 0.3 is 17.8 Å². The van der Waals surface area contributed by atoms with Gasteiger partial charge in [-0.3, -0.25) is 9.59 Å². The van der Waals surface area contributed by atoms with E-state index in [1.54, 1.807) is 18.2 Å². The number of aryl methyl sites for hydroxylation is 1. The van der Waals surface area contributed by atoms with Gasteiger partial charge in [0.05, 0.1) is 11.9 Å². The van der Waals surface area contributed by atoms with Crippen molar-refractivity contribution in [3.05, 3.63) is 61.8 Å². The lowest BCUT2D eigenvalue weighted by Gasteiger charge is -2.29. The largest absolute Gasteiger partial charge is 0.490 e. The number of carboxylic acid groups (broad SMARTS) is 1. The summed E-state index contributed by atoms with van der Waals surface area (Å²) in [4.78, 5) is 47.5. The first-order valence-electron chi connectivity index (χ1n) is 10.7. The molecule has 2 aromatic heterocycles. The molecule has 1 fully saturated rings. The van der Waals surface area contributed by atoms with E-state index < -0.39 is 29.2 Å². The Morgan fingerprint density at radius 3 is 2.49 bits per heavy atom. The summed E-state index contributed by atoms with van der Waals surface area (Å²) < 4.78 is 37.9. The Labute approximate surface area is 211 Å². The molecule has 0 atom stereocenters. The van der Waals surface area contributed by atoms with Gasteiger partial charge in [-0.15, -0.1) is 0 Å².